The summed E-state index contributed by atoms with van der Waals surface area (Å²) in [6, 6.07) is 0. The van der Waals surface area contributed by atoms with Gasteiger partial charge in [0.2, 0.25) is 0 Å². The van der Waals surface area contributed by atoms with Crippen LogP contribution in [0.3, 0.4) is 0 Å². The lowest BCUT2D eigenvalue weighted by Gasteiger charge is -2.20. The molecule has 0 aromatic heterocycles. The van der Waals surface area contributed by atoms with Crippen LogP contribution in [0.15, 0.2) is 0 Å². The van der Waals surface area contributed by atoms with Gasteiger partial charge in [-0.1, -0.05) is 6.92 Å². The molecule has 0 radical (unpaired) electrons. The smallest absolute Gasteiger partial charge is 0.112 e. The predicted octanol–water partition coefficient (Wildman–Crippen LogP) is 2.80. The van der Waals surface area contributed by atoms with Gasteiger partial charge in [0, 0.05) is 22.5 Å². The molecule has 0 spiro atoms. The zero-order valence-electron chi connectivity index (χ0n) is 10.7. The highest BCUT2D eigenvalue weighted by Gasteiger charge is 2.15. The molecule has 0 fully saturated rings. The number of hydrogen-bond donors (Lipinski definition) is 4. The van der Waals surface area contributed by atoms with Crippen molar-refractivity contribution in [3.8, 4) is 0 Å². The molecule has 7 heteroatoms. The quantitative estimate of drug-likeness (QED) is 0.247. The van der Waals surface area contributed by atoms with Crippen molar-refractivity contribution in [2.24, 2.45) is 5.92 Å². The Labute approximate surface area is 137 Å². The third kappa shape index (κ3) is 10.5. The number of thioether (sulfide) groups is 1. The van der Waals surface area contributed by atoms with Crippen LogP contribution < -0.4 is 0 Å². The monoisotopic (exact) mass is 348 g/mol. The van der Waals surface area contributed by atoms with Crippen molar-refractivity contribution in [3.05, 3.63) is 0 Å². The van der Waals surface area contributed by atoms with Crippen LogP contribution in [0.1, 0.15) is 6.92 Å². The van der Waals surface area contributed by atoms with Crippen LogP contribution in [0, 0.1) is 5.92 Å². The molecule has 0 saturated carbocycles. The molecule has 0 aliphatic rings. The molecular weight excluding hydrogens is 324 g/mol. The summed E-state index contributed by atoms with van der Waals surface area (Å²) in [6.45, 7) is 4.05. The fourth-order valence-electron chi connectivity index (χ4n) is 1.05. The molecule has 0 aromatic rings. The first-order chi connectivity index (χ1) is 8.65. The van der Waals surface area contributed by atoms with E-state index in [4.69, 9.17) is 9.47 Å². The molecule has 0 aliphatic heterocycles. The van der Waals surface area contributed by atoms with Gasteiger partial charge in [0.1, 0.15) is 5.44 Å². The zero-order valence-corrected chi connectivity index (χ0v) is 15.1. The van der Waals surface area contributed by atoms with E-state index >= 15 is 0 Å². The maximum absolute atomic E-state index is 5.69. The number of ether oxygens (including phenoxy) is 2. The molecule has 3 unspecified atom stereocenters. The van der Waals surface area contributed by atoms with Gasteiger partial charge < -0.3 is 9.47 Å². The third-order valence-corrected chi connectivity index (χ3v) is 5.82. The first-order valence-electron chi connectivity index (χ1n) is 5.97. The summed E-state index contributed by atoms with van der Waals surface area (Å²) in [7, 11) is 0. The van der Waals surface area contributed by atoms with Gasteiger partial charge in [-0.15, -0.1) is 11.8 Å². The fraction of sp³-hybridized carbons (Fsp3) is 1.00. The topological polar surface area (TPSA) is 18.5 Å². The molecule has 0 heterocycles. The second kappa shape index (κ2) is 13.6. The van der Waals surface area contributed by atoms with Gasteiger partial charge in [0.15, 0.2) is 0 Å². The standard InChI is InChI=1S/C11H24O2S5/c1-9(6-15)10(17)8-18-11(7-16)13-3-2-12-4-5-14/h9-11,14-17H,2-8H2,1H3. The zero-order chi connectivity index (χ0) is 13.8. The molecule has 0 bridgehead atoms. The Morgan fingerprint density at radius 1 is 1.06 bits per heavy atom. The van der Waals surface area contributed by atoms with Crippen molar-refractivity contribution in [1.82, 2.24) is 0 Å². The predicted molar refractivity (Wildman–Crippen MR) is 96.5 cm³/mol. The van der Waals surface area contributed by atoms with E-state index in [0.717, 1.165) is 17.3 Å². The van der Waals surface area contributed by atoms with Crippen molar-refractivity contribution in [1.29, 1.82) is 0 Å². The first kappa shape index (κ1) is 19.7. The molecule has 0 aromatic carbocycles. The molecule has 110 valence electrons. The number of rotatable bonds is 12. The Morgan fingerprint density at radius 2 is 1.78 bits per heavy atom. The van der Waals surface area contributed by atoms with E-state index < -0.39 is 0 Å². The minimum atomic E-state index is 0.106. The van der Waals surface area contributed by atoms with E-state index in [1.807, 2.05) is 0 Å². The maximum atomic E-state index is 5.69. The highest BCUT2D eigenvalue weighted by atomic mass is 32.2. The summed E-state index contributed by atoms with van der Waals surface area (Å²) in [5.41, 5.74) is 0.106. The molecule has 0 saturated heterocycles. The average molecular weight is 349 g/mol. The van der Waals surface area contributed by atoms with Crippen LogP contribution in [-0.4, -0.2) is 53.5 Å². The van der Waals surface area contributed by atoms with E-state index in [1.54, 1.807) is 11.8 Å². The number of hydrogen-bond acceptors (Lipinski definition) is 7. The summed E-state index contributed by atoms with van der Waals surface area (Å²) in [5.74, 6) is 3.76. The van der Waals surface area contributed by atoms with Gasteiger partial charge in [0.05, 0.1) is 19.8 Å². The van der Waals surface area contributed by atoms with Crippen molar-refractivity contribution < 1.29 is 9.47 Å². The minimum Gasteiger partial charge on any atom is -0.378 e. The molecule has 0 aliphatic carbocycles. The SMILES string of the molecule is CC(CS)C(S)CSC(CS)OCCOCCS. The van der Waals surface area contributed by atoms with Crippen molar-refractivity contribution in [2.45, 2.75) is 17.6 Å². The van der Waals surface area contributed by atoms with Gasteiger partial charge in [0.25, 0.3) is 0 Å². The minimum absolute atomic E-state index is 0.106. The Balaban J connectivity index is 3.63. The van der Waals surface area contributed by atoms with Crippen molar-refractivity contribution in [2.75, 3.05) is 42.8 Å². The van der Waals surface area contributed by atoms with Crippen LogP contribution >= 0.6 is 62.3 Å². The first-order valence-corrected chi connectivity index (χ1v) is 9.43. The van der Waals surface area contributed by atoms with E-state index in [9.17, 15) is 0 Å². The van der Waals surface area contributed by atoms with Crippen LogP contribution in [-0.2, 0) is 9.47 Å². The summed E-state index contributed by atoms with van der Waals surface area (Å²) >= 11 is 19.0. The largest absolute Gasteiger partial charge is 0.378 e. The van der Waals surface area contributed by atoms with Gasteiger partial charge in [-0.3, -0.25) is 0 Å². The van der Waals surface area contributed by atoms with E-state index in [-0.39, 0.29) is 5.44 Å². The Bertz CT molecular complexity index is 185. The lowest BCUT2D eigenvalue weighted by Crippen LogP contribution is -2.21. The van der Waals surface area contributed by atoms with Crippen molar-refractivity contribution >= 4 is 62.3 Å². The average Bonchev–Trinajstić information content (AvgIpc) is 2.40. The molecule has 3 atom stereocenters. The Kier molecular flexibility index (Phi) is 14.9. The highest BCUT2D eigenvalue weighted by Crippen LogP contribution is 2.21. The Hall–Kier alpha value is 1.67. The summed E-state index contributed by atoms with van der Waals surface area (Å²) < 4.78 is 11.0. The summed E-state index contributed by atoms with van der Waals surface area (Å²) in [5, 5.41) is 0.346. The van der Waals surface area contributed by atoms with Crippen molar-refractivity contribution in [3.63, 3.8) is 0 Å². The number of thiol groups is 4. The normalized spacial score (nSPS) is 16.5. The summed E-state index contributed by atoms with van der Waals surface area (Å²) in [4.78, 5) is 0. The lowest BCUT2D eigenvalue weighted by molar-refractivity contribution is 0.0496. The molecule has 0 amide bonds. The Morgan fingerprint density at radius 3 is 2.33 bits per heavy atom. The second-order valence-corrected chi connectivity index (χ2v) is 6.91. The second-order valence-electron chi connectivity index (χ2n) is 3.88. The lowest BCUT2D eigenvalue weighted by atomic mass is 10.1. The van der Waals surface area contributed by atoms with Gasteiger partial charge >= 0.3 is 0 Å². The van der Waals surface area contributed by atoms with E-state index in [0.29, 0.717) is 36.7 Å². The molecule has 18 heavy (non-hydrogen) atoms. The molecular formula is C11H24O2S5. The van der Waals surface area contributed by atoms with E-state index in [2.05, 4.69) is 57.4 Å². The fourth-order valence-corrected chi connectivity index (χ4v) is 3.42. The maximum Gasteiger partial charge on any atom is 0.112 e. The van der Waals surface area contributed by atoms with Gasteiger partial charge in [-0.25, -0.2) is 0 Å². The van der Waals surface area contributed by atoms with E-state index in [1.165, 1.54) is 0 Å². The summed E-state index contributed by atoms with van der Waals surface area (Å²) in [6.07, 6.45) is 0. The highest BCUT2D eigenvalue weighted by molar-refractivity contribution is 8.01. The van der Waals surface area contributed by atoms with Crippen LogP contribution in [0.25, 0.3) is 0 Å². The molecule has 2 nitrogen and oxygen atoms in total. The van der Waals surface area contributed by atoms with Crippen LogP contribution in [0.2, 0.25) is 0 Å². The van der Waals surface area contributed by atoms with Crippen LogP contribution in [0.4, 0.5) is 0 Å². The third-order valence-electron chi connectivity index (χ3n) is 2.31. The van der Waals surface area contributed by atoms with Crippen LogP contribution in [0.5, 0.6) is 0 Å². The molecule has 0 N–H and O–H groups in total. The molecule has 0 rings (SSSR count). The van der Waals surface area contributed by atoms with Gasteiger partial charge in [-0.2, -0.15) is 50.5 Å². The van der Waals surface area contributed by atoms with Gasteiger partial charge in [-0.05, 0) is 11.7 Å².